The molecule has 4 heteroatoms. The predicted molar refractivity (Wildman–Crippen MR) is 201 cm³/mol. The van der Waals surface area contributed by atoms with Gasteiger partial charge in [-0.25, -0.2) is 0 Å². The Bertz CT molecular complexity index is 2330. The van der Waals surface area contributed by atoms with Crippen LogP contribution in [0.2, 0.25) is 13.1 Å². The summed E-state index contributed by atoms with van der Waals surface area (Å²) in [6, 6.07) is 43.0. The molecule has 1 aliphatic rings. The molecule has 0 radical (unpaired) electrons. The third-order valence-electron chi connectivity index (χ3n) is 10.7. The molecule has 0 saturated heterocycles. The SMILES string of the molecule is Cc1c(C)c(-n2c3ccccc3c3ccccc32)c(C)c(C)c1-c1ccc2c(c1)[Si](C)(C)c1ccccc1P2(=O)c1ccccc1. The van der Waals surface area contributed by atoms with Gasteiger partial charge in [0.15, 0.2) is 7.14 Å². The van der Waals surface area contributed by atoms with Gasteiger partial charge in [0.05, 0.1) is 16.7 Å². The molecule has 7 aromatic rings. The highest BCUT2D eigenvalue weighted by molar-refractivity contribution is 7.86. The van der Waals surface area contributed by atoms with Crippen LogP contribution >= 0.6 is 7.14 Å². The van der Waals surface area contributed by atoms with E-state index < -0.39 is 15.2 Å². The van der Waals surface area contributed by atoms with E-state index in [1.54, 1.807) is 0 Å². The molecule has 0 saturated carbocycles. The molecule has 1 aromatic heterocycles. The van der Waals surface area contributed by atoms with Gasteiger partial charge in [-0.05, 0) is 83.6 Å². The zero-order valence-electron chi connectivity index (χ0n) is 27.3. The Kier molecular flexibility index (Phi) is 6.49. The Morgan fingerprint density at radius 1 is 0.543 bits per heavy atom. The van der Waals surface area contributed by atoms with Gasteiger partial charge in [0.1, 0.15) is 8.07 Å². The van der Waals surface area contributed by atoms with Gasteiger partial charge in [-0.3, -0.25) is 0 Å². The van der Waals surface area contributed by atoms with Crippen LogP contribution in [0.15, 0.2) is 121 Å². The van der Waals surface area contributed by atoms with Crippen molar-refractivity contribution in [3.05, 3.63) is 144 Å². The standard InChI is InChI=1S/C42H38NOPSi/c1-27-29(3)42(43-35-20-12-10-18-33(35)34-19-11-13-21-36(34)43)30(4)28(2)41(27)31-24-25-38-40(26-31)46(5,6)39-23-15-14-22-37(39)45(38,44)32-16-8-7-9-17-32/h7-26H,1-6H3. The van der Waals surface area contributed by atoms with Crippen molar-refractivity contribution in [1.82, 2.24) is 4.57 Å². The fraction of sp³-hybridized carbons (Fsp3) is 0.143. The fourth-order valence-electron chi connectivity index (χ4n) is 8.16. The van der Waals surface area contributed by atoms with Gasteiger partial charge in [-0.2, -0.15) is 0 Å². The van der Waals surface area contributed by atoms with Crippen molar-refractivity contribution < 1.29 is 4.57 Å². The van der Waals surface area contributed by atoms with Crippen molar-refractivity contribution in [1.29, 1.82) is 0 Å². The Morgan fingerprint density at radius 2 is 1.07 bits per heavy atom. The van der Waals surface area contributed by atoms with Crippen molar-refractivity contribution in [2.45, 2.75) is 40.8 Å². The van der Waals surface area contributed by atoms with E-state index >= 15 is 4.57 Å². The Hall–Kier alpha value is -4.43. The molecule has 2 heterocycles. The van der Waals surface area contributed by atoms with Gasteiger partial charge in [-0.1, -0.05) is 122 Å². The van der Waals surface area contributed by atoms with Gasteiger partial charge < -0.3 is 9.13 Å². The van der Waals surface area contributed by atoms with Crippen molar-refractivity contribution >= 4 is 63.3 Å². The quantitative estimate of drug-likeness (QED) is 0.142. The highest BCUT2D eigenvalue weighted by atomic mass is 31.2. The smallest absolute Gasteiger partial charge is 0.170 e. The molecular formula is C42H38NOPSi. The molecule has 1 atom stereocenters. The minimum Gasteiger partial charge on any atom is -0.309 e. The van der Waals surface area contributed by atoms with Gasteiger partial charge >= 0.3 is 0 Å². The van der Waals surface area contributed by atoms with E-state index in [1.165, 1.54) is 71.2 Å². The molecular weight excluding hydrogens is 594 g/mol. The summed E-state index contributed by atoms with van der Waals surface area (Å²) in [5, 5.41) is 8.08. The van der Waals surface area contributed by atoms with Crippen LogP contribution in [0.3, 0.4) is 0 Å². The lowest BCUT2D eigenvalue weighted by molar-refractivity contribution is 0.592. The van der Waals surface area contributed by atoms with E-state index in [1.807, 2.05) is 30.3 Å². The van der Waals surface area contributed by atoms with Crippen LogP contribution in [0, 0.1) is 27.7 Å². The number of hydrogen-bond acceptors (Lipinski definition) is 1. The van der Waals surface area contributed by atoms with Crippen LogP contribution < -0.4 is 26.3 Å². The van der Waals surface area contributed by atoms with E-state index in [9.17, 15) is 0 Å². The lowest BCUT2D eigenvalue weighted by Gasteiger charge is -2.38. The Morgan fingerprint density at radius 3 is 1.70 bits per heavy atom. The lowest BCUT2D eigenvalue weighted by Crippen LogP contribution is -2.67. The third kappa shape index (κ3) is 3.85. The zero-order valence-corrected chi connectivity index (χ0v) is 29.2. The number of nitrogens with zero attached hydrogens (tertiary/aromatic N) is 1. The lowest BCUT2D eigenvalue weighted by atomic mass is 9.88. The van der Waals surface area contributed by atoms with Crippen molar-refractivity contribution in [2.75, 3.05) is 0 Å². The molecule has 6 aromatic carbocycles. The number of rotatable bonds is 3. The van der Waals surface area contributed by atoms with Crippen LogP contribution in [0.5, 0.6) is 0 Å². The highest BCUT2D eigenvalue weighted by Gasteiger charge is 2.45. The first-order valence-electron chi connectivity index (χ1n) is 16.2. The summed E-state index contributed by atoms with van der Waals surface area (Å²) < 4.78 is 17.9. The molecule has 1 aliphatic heterocycles. The first kappa shape index (κ1) is 29.0. The second-order valence-corrected chi connectivity index (χ2v) is 20.4. The van der Waals surface area contributed by atoms with Crippen LogP contribution in [-0.2, 0) is 4.57 Å². The first-order chi connectivity index (χ1) is 22.2. The topological polar surface area (TPSA) is 22.0 Å². The maximum atomic E-state index is 15.5. The molecule has 0 amide bonds. The molecule has 0 bridgehead atoms. The Labute approximate surface area is 272 Å². The molecule has 0 N–H and O–H groups in total. The number of para-hydroxylation sites is 2. The summed E-state index contributed by atoms with van der Waals surface area (Å²) in [5.41, 5.74) is 11.4. The summed E-state index contributed by atoms with van der Waals surface area (Å²) in [5.74, 6) is 0. The minimum absolute atomic E-state index is 0.913. The predicted octanol–water partition coefficient (Wildman–Crippen LogP) is 8.46. The van der Waals surface area contributed by atoms with E-state index in [0.717, 1.165) is 15.9 Å². The molecule has 226 valence electrons. The summed E-state index contributed by atoms with van der Waals surface area (Å²) in [4.78, 5) is 0. The monoisotopic (exact) mass is 631 g/mol. The van der Waals surface area contributed by atoms with Crippen LogP contribution in [0.25, 0.3) is 38.6 Å². The average molecular weight is 632 g/mol. The van der Waals surface area contributed by atoms with Gasteiger partial charge in [0.25, 0.3) is 0 Å². The van der Waals surface area contributed by atoms with Crippen LogP contribution in [0.1, 0.15) is 22.3 Å². The highest BCUT2D eigenvalue weighted by Crippen LogP contribution is 2.45. The van der Waals surface area contributed by atoms with E-state index in [0.29, 0.717) is 0 Å². The molecule has 2 nitrogen and oxygen atoms in total. The largest absolute Gasteiger partial charge is 0.309 e. The summed E-state index contributed by atoms with van der Waals surface area (Å²) in [6.45, 7) is 14.0. The van der Waals surface area contributed by atoms with Crippen molar-refractivity contribution in [3.63, 3.8) is 0 Å². The molecule has 1 unspecified atom stereocenters. The number of fused-ring (bicyclic) bond motifs is 5. The summed E-state index contributed by atoms with van der Waals surface area (Å²) >= 11 is 0. The zero-order chi connectivity index (χ0) is 32.0. The van der Waals surface area contributed by atoms with E-state index in [2.05, 4.69) is 136 Å². The van der Waals surface area contributed by atoms with Gasteiger partial charge in [-0.15, -0.1) is 0 Å². The molecule has 0 fully saturated rings. The number of hydrogen-bond donors (Lipinski definition) is 0. The van der Waals surface area contributed by atoms with Crippen LogP contribution in [0.4, 0.5) is 0 Å². The second kappa shape index (κ2) is 10.3. The average Bonchev–Trinajstić information content (AvgIpc) is 3.41. The molecule has 0 aliphatic carbocycles. The van der Waals surface area contributed by atoms with Gasteiger partial charge in [0, 0.05) is 26.7 Å². The number of aromatic nitrogens is 1. The van der Waals surface area contributed by atoms with E-state index in [4.69, 9.17) is 0 Å². The van der Waals surface area contributed by atoms with Gasteiger partial charge in [0.2, 0.25) is 0 Å². The maximum absolute atomic E-state index is 15.5. The first-order valence-corrected chi connectivity index (χ1v) is 20.9. The van der Waals surface area contributed by atoms with Crippen molar-refractivity contribution in [2.24, 2.45) is 0 Å². The molecule has 46 heavy (non-hydrogen) atoms. The fourth-order valence-corrected chi connectivity index (χ4v) is 16.4. The Balaban J connectivity index is 1.38. The minimum atomic E-state index is -3.04. The second-order valence-electron chi connectivity index (χ2n) is 13.4. The van der Waals surface area contributed by atoms with Crippen LogP contribution in [-0.4, -0.2) is 12.6 Å². The normalized spacial score (nSPS) is 16.8. The number of benzene rings is 6. The van der Waals surface area contributed by atoms with Crippen molar-refractivity contribution in [3.8, 4) is 16.8 Å². The summed E-state index contributed by atoms with van der Waals surface area (Å²) in [6.07, 6.45) is 0. The molecule has 0 spiro atoms. The third-order valence-corrected chi connectivity index (χ3v) is 17.8. The summed E-state index contributed by atoms with van der Waals surface area (Å²) in [7, 11) is -5.21. The molecule has 8 rings (SSSR count). The van der Waals surface area contributed by atoms with E-state index in [-0.39, 0.29) is 0 Å². The maximum Gasteiger partial charge on any atom is 0.170 e.